The fourth-order valence-corrected chi connectivity index (χ4v) is 17.4. The van der Waals surface area contributed by atoms with Crippen LogP contribution < -0.4 is 10.4 Å². The summed E-state index contributed by atoms with van der Waals surface area (Å²) >= 11 is 0. The standard InChI is InChI=1S/C21H31Si.C20H29Si.6CH3.2Ti/c1-9-10-22(8,20-12-15(2)11-16(3)13-20)21(7)14-17(4)18(5)19(21)6;1-9-21(8,19-11-14(2)10-15(3)12-19)20(7)13-16(4)17(5)18(20)6;;;;;;;;/h11-13H,9-10H2,1-8H3;10-12H,9H2,1-8H3;6*1H3;;/q8*-1;2*+4. The first-order chi connectivity index (χ1) is 19.8. The van der Waals surface area contributed by atoms with Gasteiger partial charge < -0.3 is 44.6 Å². The van der Waals surface area contributed by atoms with Gasteiger partial charge in [-0.3, -0.25) is 12.2 Å². The summed E-state index contributed by atoms with van der Waals surface area (Å²) in [5, 5.41) is 3.43. The van der Waals surface area contributed by atoms with Gasteiger partial charge in [-0.05, 0) is 27.7 Å². The summed E-state index contributed by atoms with van der Waals surface area (Å²) in [5.74, 6) is 0. The first kappa shape index (κ1) is 62.3. The molecule has 282 valence electrons. The van der Waals surface area contributed by atoms with Crippen molar-refractivity contribution in [3.8, 4) is 0 Å². The van der Waals surface area contributed by atoms with Crippen molar-refractivity contribution in [1.29, 1.82) is 0 Å². The summed E-state index contributed by atoms with van der Waals surface area (Å²) in [6.45, 7) is 37.2. The van der Waals surface area contributed by atoms with Gasteiger partial charge in [0, 0.05) is 0 Å². The number of hydrogen-bond acceptors (Lipinski definition) is 0. The fourth-order valence-electron chi connectivity index (χ4n) is 8.16. The second-order valence-electron chi connectivity index (χ2n) is 14.8. The van der Waals surface area contributed by atoms with E-state index in [9.17, 15) is 0 Å². The molecule has 0 heterocycles. The van der Waals surface area contributed by atoms with Crippen LogP contribution in [-0.2, 0) is 43.4 Å². The van der Waals surface area contributed by atoms with Crippen molar-refractivity contribution in [2.75, 3.05) is 0 Å². The van der Waals surface area contributed by atoms with Crippen molar-refractivity contribution in [3.05, 3.63) is 149 Å². The second kappa shape index (κ2) is 23.2. The molecule has 4 rings (SSSR count). The van der Waals surface area contributed by atoms with Gasteiger partial charge in [-0.15, -0.1) is 13.8 Å². The first-order valence-electron chi connectivity index (χ1n) is 16.6. The second-order valence-corrected chi connectivity index (χ2v) is 24.5. The molecule has 2 aliphatic rings. The Kier molecular flexibility index (Phi) is 28.4. The molecule has 0 saturated heterocycles. The van der Waals surface area contributed by atoms with E-state index < -0.39 is 16.1 Å². The molecule has 0 N–H and O–H groups in total. The van der Waals surface area contributed by atoms with Gasteiger partial charge in [-0.25, -0.2) is 11.1 Å². The molecule has 2 aromatic rings. The molecule has 0 radical (unpaired) electrons. The fraction of sp³-hybridized carbons (Fsp3) is 0.447. The van der Waals surface area contributed by atoms with Gasteiger partial charge in [0.25, 0.3) is 0 Å². The third-order valence-electron chi connectivity index (χ3n) is 12.0. The molecule has 4 unspecified atom stereocenters. The summed E-state index contributed by atoms with van der Waals surface area (Å²) in [7, 11) is -3.41. The van der Waals surface area contributed by atoms with Crippen molar-refractivity contribution >= 4 is 26.5 Å². The van der Waals surface area contributed by atoms with Crippen LogP contribution in [0.4, 0.5) is 0 Å². The van der Waals surface area contributed by atoms with Crippen LogP contribution in [-0.4, -0.2) is 16.1 Å². The maximum atomic E-state index is 3.90. The van der Waals surface area contributed by atoms with Gasteiger partial charge in [0.05, 0.1) is 16.1 Å². The quantitative estimate of drug-likeness (QED) is 0.193. The van der Waals surface area contributed by atoms with E-state index in [4.69, 9.17) is 0 Å². The maximum Gasteiger partial charge on any atom is 4.00 e. The Bertz CT molecular complexity index is 1490. The molecule has 0 aromatic heterocycles. The van der Waals surface area contributed by atoms with E-state index in [1.54, 1.807) is 15.9 Å². The molecule has 0 amide bonds. The third-order valence-corrected chi connectivity index (χ3v) is 23.5. The Morgan fingerprint density at radius 1 is 0.490 bits per heavy atom. The summed E-state index contributed by atoms with van der Waals surface area (Å²) in [6.07, 6.45) is 9.01. The minimum Gasteiger partial charge on any atom is -0.358 e. The van der Waals surface area contributed by atoms with Crippen LogP contribution in [0.25, 0.3) is 0 Å². The maximum absolute atomic E-state index is 3.90. The Morgan fingerprint density at radius 3 is 1.00 bits per heavy atom. The van der Waals surface area contributed by atoms with Crippen LogP contribution in [0.5, 0.6) is 0 Å². The van der Waals surface area contributed by atoms with Crippen molar-refractivity contribution in [3.63, 3.8) is 0 Å². The number of hydrogen-bond donors (Lipinski definition) is 0. The van der Waals surface area contributed by atoms with Crippen molar-refractivity contribution in [1.82, 2.24) is 0 Å². The van der Waals surface area contributed by atoms with E-state index in [0.717, 1.165) is 0 Å². The third kappa shape index (κ3) is 11.4. The molecule has 0 nitrogen and oxygen atoms in total. The molecule has 51 heavy (non-hydrogen) atoms. The average molecular weight is 795 g/mol. The molecular formula is C47H78Si2Ti2. The van der Waals surface area contributed by atoms with Crippen LogP contribution in [0.2, 0.25) is 35.3 Å². The van der Waals surface area contributed by atoms with Gasteiger partial charge in [-0.1, -0.05) is 166 Å². The predicted octanol–water partition coefficient (Wildman–Crippen LogP) is 14.0. The SMILES string of the molecule is CCC[Si](C)(c1cc(C)cc(C)c1)C1(C)[C-]=C(C)C(C)=C1C.CC[Si](C)(c1cc(C)cc(C)c1)C1(C)[C-]=C(C)C(C)=C1C.[CH3-].[CH3-].[CH3-].[CH3-].[CH3-].[CH3-].[Ti+4].[Ti+4]. The van der Waals surface area contributed by atoms with Crippen LogP contribution in [0, 0.1) is 84.4 Å². The monoisotopic (exact) mass is 794 g/mol. The average Bonchev–Trinajstić information content (AvgIpc) is 3.26. The number of aryl methyl sites for hydroxylation is 4. The van der Waals surface area contributed by atoms with E-state index >= 15 is 0 Å². The van der Waals surface area contributed by atoms with Gasteiger partial charge in [0.15, 0.2) is 0 Å². The smallest absolute Gasteiger partial charge is 0.358 e. The topological polar surface area (TPSA) is 0 Å². The number of rotatable bonds is 7. The Balaban J connectivity index is -0.000000172. The predicted molar refractivity (Wildman–Crippen MR) is 237 cm³/mol. The Hall–Kier alpha value is -0.738. The molecule has 4 heteroatoms. The molecule has 4 atom stereocenters. The zero-order valence-electron chi connectivity index (χ0n) is 37.6. The molecule has 2 aliphatic carbocycles. The molecule has 0 spiro atoms. The largest absolute Gasteiger partial charge is 4.00 e. The molecular weight excluding hydrogens is 716 g/mol. The summed E-state index contributed by atoms with van der Waals surface area (Å²) < 4.78 is 0. The van der Waals surface area contributed by atoms with E-state index in [2.05, 4.69) is 159 Å². The van der Waals surface area contributed by atoms with E-state index in [0.29, 0.717) is 0 Å². The molecule has 0 bridgehead atoms. The zero-order valence-corrected chi connectivity index (χ0v) is 42.7. The van der Waals surface area contributed by atoms with Crippen molar-refractivity contribution in [2.24, 2.45) is 0 Å². The zero-order chi connectivity index (χ0) is 32.7. The number of benzene rings is 2. The summed E-state index contributed by atoms with van der Waals surface area (Å²) in [4.78, 5) is 0. The van der Waals surface area contributed by atoms with Gasteiger partial charge in [-0.2, -0.15) is 22.3 Å². The number of allylic oxidation sites excluding steroid dienone is 8. The molecule has 2 aromatic carbocycles. The summed E-state index contributed by atoms with van der Waals surface area (Å²) in [6, 6.07) is 16.9. The van der Waals surface area contributed by atoms with Crippen LogP contribution in [0.1, 0.15) is 97.9 Å². The van der Waals surface area contributed by atoms with Gasteiger partial charge in [0.2, 0.25) is 0 Å². The van der Waals surface area contributed by atoms with Crippen LogP contribution in [0.3, 0.4) is 0 Å². The van der Waals surface area contributed by atoms with E-state index in [-0.39, 0.29) is 98.1 Å². The van der Waals surface area contributed by atoms with Crippen molar-refractivity contribution in [2.45, 2.75) is 139 Å². The normalized spacial score (nSPS) is 20.9. The first-order valence-corrected chi connectivity index (χ1v) is 22.0. The minimum atomic E-state index is -1.72. The Morgan fingerprint density at radius 2 is 0.765 bits per heavy atom. The Labute approximate surface area is 354 Å². The van der Waals surface area contributed by atoms with Crippen molar-refractivity contribution < 1.29 is 43.4 Å². The van der Waals surface area contributed by atoms with E-state index in [1.807, 2.05) is 0 Å². The minimum absolute atomic E-state index is 0. The van der Waals surface area contributed by atoms with Gasteiger partial charge in [0.1, 0.15) is 0 Å². The van der Waals surface area contributed by atoms with E-state index in [1.165, 1.54) is 68.6 Å². The van der Waals surface area contributed by atoms with Gasteiger partial charge >= 0.3 is 43.4 Å². The molecule has 0 aliphatic heterocycles. The van der Waals surface area contributed by atoms with Crippen LogP contribution in [0.15, 0.2) is 69.8 Å². The van der Waals surface area contributed by atoms with Crippen LogP contribution >= 0.6 is 0 Å². The molecule has 0 fully saturated rings. The molecule has 0 saturated carbocycles. The summed E-state index contributed by atoms with van der Waals surface area (Å²) in [5.41, 5.74) is 14.3.